The lowest BCUT2D eigenvalue weighted by atomic mass is 10.2. The van der Waals surface area contributed by atoms with Gasteiger partial charge in [0.15, 0.2) is 0 Å². The maximum absolute atomic E-state index is 12.6. The third kappa shape index (κ3) is 3.07. The highest BCUT2D eigenvalue weighted by molar-refractivity contribution is 7.20. The SMILES string of the molecule is O=C(c1cc(Cl)sc1Cl)N(CC1CCCN1)C1CC1. The van der Waals surface area contributed by atoms with Crippen LogP contribution in [0.5, 0.6) is 0 Å². The van der Waals surface area contributed by atoms with E-state index in [9.17, 15) is 4.79 Å². The number of hydrogen-bond acceptors (Lipinski definition) is 3. The van der Waals surface area contributed by atoms with Gasteiger partial charge in [-0.2, -0.15) is 0 Å². The largest absolute Gasteiger partial charge is 0.334 e. The van der Waals surface area contributed by atoms with E-state index in [1.807, 2.05) is 4.90 Å². The number of carbonyl (C=O) groups excluding carboxylic acids is 1. The molecule has 6 heteroatoms. The Morgan fingerprint density at radius 2 is 2.21 bits per heavy atom. The highest BCUT2D eigenvalue weighted by Crippen LogP contribution is 2.35. The molecule has 1 aromatic rings. The fourth-order valence-corrected chi connectivity index (χ4v) is 4.02. The Morgan fingerprint density at radius 3 is 2.74 bits per heavy atom. The van der Waals surface area contributed by atoms with E-state index < -0.39 is 0 Å². The molecule has 3 nitrogen and oxygen atoms in total. The Balaban J connectivity index is 1.75. The quantitative estimate of drug-likeness (QED) is 0.922. The minimum Gasteiger partial charge on any atom is -0.334 e. The van der Waals surface area contributed by atoms with Crippen LogP contribution in [0.3, 0.4) is 0 Å². The van der Waals surface area contributed by atoms with Crippen molar-refractivity contribution in [2.24, 2.45) is 0 Å². The summed E-state index contributed by atoms with van der Waals surface area (Å²) in [7, 11) is 0. The number of hydrogen-bond donors (Lipinski definition) is 1. The van der Waals surface area contributed by atoms with Gasteiger partial charge in [-0.15, -0.1) is 11.3 Å². The normalized spacial score (nSPS) is 22.7. The molecule has 0 radical (unpaired) electrons. The molecule has 19 heavy (non-hydrogen) atoms. The molecule has 1 N–H and O–H groups in total. The molecule has 0 aromatic carbocycles. The Kier molecular flexibility index (Phi) is 4.03. The number of amides is 1. The minimum absolute atomic E-state index is 0.0318. The van der Waals surface area contributed by atoms with Gasteiger partial charge in [-0.1, -0.05) is 23.2 Å². The number of carbonyl (C=O) groups is 1. The van der Waals surface area contributed by atoms with Crippen LogP contribution < -0.4 is 5.32 Å². The van der Waals surface area contributed by atoms with Gasteiger partial charge in [0.05, 0.1) is 9.90 Å². The van der Waals surface area contributed by atoms with E-state index in [-0.39, 0.29) is 5.91 Å². The van der Waals surface area contributed by atoms with Crippen molar-refractivity contribution in [2.45, 2.75) is 37.8 Å². The fourth-order valence-electron chi connectivity index (χ4n) is 2.57. The van der Waals surface area contributed by atoms with Crippen LogP contribution in [0.4, 0.5) is 0 Å². The maximum Gasteiger partial charge on any atom is 0.256 e. The monoisotopic (exact) mass is 318 g/mol. The highest BCUT2D eigenvalue weighted by atomic mass is 35.5. The first-order chi connectivity index (χ1) is 9.15. The molecule has 3 rings (SSSR count). The summed E-state index contributed by atoms with van der Waals surface area (Å²) >= 11 is 13.3. The van der Waals surface area contributed by atoms with Crippen LogP contribution in [-0.4, -0.2) is 36.0 Å². The summed E-state index contributed by atoms with van der Waals surface area (Å²) < 4.78 is 1.07. The zero-order valence-corrected chi connectivity index (χ0v) is 12.8. The first-order valence-electron chi connectivity index (χ1n) is 6.64. The van der Waals surface area contributed by atoms with E-state index in [4.69, 9.17) is 23.2 Å². The number of thiophene rings is 1. The zero-order valence-electron chi connectivity index (χ0n) is 10.5. The van der Waals surface area contributed by atoms with E-state index in [0.717, 1.165) is 32.4 Å². The van der Waals surface area contributed by atoms with Gasteiger partial charge < -0.3 is 10.2 Å². The molecule has 1 unspecified atom stereocenters. The number of halogens is 2. The summed E-state index contributed by atoms with van der Waals surface area (Å²) in [6.07, 6.45) is 4.55. The molecule has 1 aliphatic heterocycles. The molecular formula is C13H16Cl2N2OS. The summed E-state index contributed by atoms with van der Waals surface area (Å²) in [5.74, 6) is 0.0318. The lowest BCUT2D eigenvalue weighted by molar-refractivity contribution is 0.0729. The molecule has 1 amide bonds. The van der Waals surface area contributed by atoms with Crippen LogP contribution in [0.15, 0.2) is 6.07 Å². The van der Waals surface area contributed by atoms with E-state index in [1.165, 1.54) is 17.8 Å². The molecule has 104 valence electrons. The molecular weight excluding hydrogens is 303 g/mol. The highest BCUT2D eigenvalue weighted by Gasteiger charge is 2.36. The van der Waals surface area contributed by atoms with Crippen LogP contribution in [0.1, 0.15) is 36.0 Å². The lowest BCUT2D eigenvalue weighted by Gasteiger charge is -2.25. The second-order valence-electron chi connectivity index (χ2n) is 5.22. The van der Waals surface area contributed by atoms with Gasteiger partial charge in [-0.3, -0.25) is 4.79 Å². The second-order valence-corrected chi connectivity index (χ2v) is 7.51. The predicted molar refractivity (Wildman–Crippen MR) is 79.4 cm³/mol. The van der Waals surface area contributed by atoms with Crippen molar-refractivity contribution < 1.29 is 4.79 Å². The van der Waals surface area contributed by atoms with Crippen molar-refractivity contribution in [1.29, 1.82) is 0 Å². The van der Waals surface area contributed by atoms with Crippen molar-refractivity contribution in [3.8, 4) is 0 Å². The molecule has 1 aliphatic carbocycles. The third-order valence-electron chi connectivity index (χ3n) is 3.72. The van der Waals surface area contributed by atoms with Crippen molar-refractivity contribution in [3.05, 3.63) is 20.3 Å². The number of rotatable bonds is 4. The molecule has 1 saturated heterocycles. The molecule has 2 aliphatic rings. The van der Waals surface area contributed by atoms with Gasteiger partial charge in [0.1, 0.15) is 4.34 Å². The van der Waals surface area contributed by atoms with Gasteiger partial charge in [-0.05, 0) is 38.3 Å². The Hall–Kier alpha value is -0.290. The van der Waals surface area contributed by atoms with E-state index in [1.54, 1.807) is 6.07 Å². The molecule has 0 spiro atoms. The van der Waals surface area contributed by atoms with Crippen LogP contribution in [0, 0.1) is 0 Å². The minimum atomic E-state index is 0.0318. The van der Waals surface area contributed by atoms with Crippen molar-refractivity contribution in [2.75, 3.05) is 13.1 Å². The van der Waals surface area contributed by atoms with Crippen molar-refractivity contribution in [3.63, 3.8) is 0 Å². The maximum atomic E-state index is 12.6. The van der Waals surface area contributed by atoms with Gasteiger partial charge in [-0.25, -0.2) is 0 Å². The second kappa shape index (κ2) is 5.60. The Labute approximate surface area is 126 Å². The van der Waals surface area contributed by atoms with E-state index in [0.29, 0.717) is 26.3 Å². The predicted octanol–water partition coefficient (Wildman–Crippen LogP) is 3.41. The molecule has 2 fully saturated rings. The molecule has 1 atom stereocenters. The average molecular weight is 319 g/mol. The fraction of sp³-hybridized carbons (Fsp3) is 0.615. The van der Waals surface area contributed by atoms with Gasteiger partial charge in [0, 0.05) is 18.6 Å². The average Bonchev–Trinajstić information content (AvgIpc) is 2.97. The standard InChI is InChI=1S/C13H16Cl2N2OS/c14-11-6-10(12(15)19-11)13(18)17(9-3-4-9)7-8-2-1-5-16-8/h6,8-9,16H,1-5,7H2. The number of nitrogens with zero attached hydrogens (tertiary/aromatic N) is 1. The topological polar surface area (TPSA) is 32.3 Å². The van der Waals surface area contributed by atoms with E-state index in [2.05, 4.69) is 5.32 Å². The first kappa shape index (κ1) is 13.7. The van der Waals surface area contributed by atoms with Crippen LogP contribution in [0.25, 0.3) is 0 Å². The lowest BCUT2D eigenvalue weighted by Crippen LogP contribution is -2.42. The van der Waals surface area contributed by atoms with Crippen molar-refractivity contribution >= 4 is 40.4 Å². The van der Waals surface area contributed by atoms with E-state index >= 15 is 0 Å². The smallest absolute Gasteiger partial charge is 0.256 e. The van der Waals surface area contributed by atoms with Crippen molar-refractivity contribution in [1.82, 2.24) is 10.2 Å². The van der Waals surface area contributed by atoms with Gasteiger partial charge in [0.2, 0.25) is 0 Å². The molecule has 1 aromatic heterocycles. The Bertz CT molecular complexity index is 481. The van der Waals surface area contributed by atoms with Crippen LogP contribution >= 0.6 is 34.5 Å². The van der Waals surface area contributed by atoms with Gasteiger partial charge >= 0.3 is 0 Å². The van der Waals surface area contributed by atoms with Crippen LogP contribution in [0.2, 0.25) is 8.67 Å². The van der Waals surface area contributed by atoms with Gasteiger partial charge in [0.25, 0.3) is 5.91 Å². The summed E-state index contributed by atoms with van der Waals surface area (Å²) in [5, 5.41) is 3.45. The molecule has 1 saturated carbocycles. The van der Waals surface area contributed by atoms with Crippen LogP contribution in [-0.2, 0) is 0 Å². The zero-order chi connectivity index (χ0) is 13.4. The summed E-state index contributed by atoms with van der Waals surface area (Å²) in [5.41, 5.74) is 0.557. The molecule has 2 heterocycles. The summed E-state index contributed by atoms with van der Waals surface area (Å²) in [6.45, 7) is 1.84. The molecule has 0 bridgehead atoms. The first-order valence-corrected chi connectivity index (χ1v) is 8.21. The summed E-state index contributed by atoms with van der Waals surface area (Å²) in [6, 6.07) is 2.51. The summed E-state index contributed by atoms with van der Waals surface area (Å²) in [4.78, 5) is 14.6. The number of nitrogens with one attached hydrogen (secondary N) is 1. The third-order valence-corrected chi connectivity index (χ3v) is 5.20. The Morgan fingerprint density at radius 1 is 1.42 bits per heavy atom.